The Balaban J connectivity index is 0. The van der Waals surface area contributed by atoms with E-state index in [2.05, 4.69) is 0 Å². The molecule has 0 aliphatic rings. The van der Waals surface area contributed by atoms with E-state index < -0.39 is 16.7 Å². The Morgan fingerprint density at radius 1 is 1.50 bits per heavy atom. The fourth-order valence-electron chi connectivity index (χ4n) is 0. The van der Waals surface area contributed by atoms with Crippen molar-refractivity contribution in [3.63, 3.8) is 0 Å². The maximum absolute atomic E-state index is 8.85. The number of nitrogens with one attached hydrogen (secondary N) is 1. The Labute approximate surface area is 47.7 Å². The fourth-order valence-corrected chi connectivity index (χ4v) is 0. The van der Waals surface area contributed by atoms with Crippen molar-refractivity contribution in [2.75, 3.05) is 0 Å². The van der Waals surface area contributed by atoms with Gasteiger partial charge >= 0.3 is 31.1 Å². The van der Waals surface area contributed by atoms with Gasteiger partial charge in [0.2, 0.25) is 0 Å². The van der Waals surface area contributed by atoms with Crippen LogP contribution in [0.15, 0.2) is 0 Å². The first-order chi connectivity index (χ1) is 3.41. The second-order valence-electron chi connectivity index (χ2n) is 0.548. The topological polar surface area (TPSA) is 135 Å². The van der Waals surface area contributed by atoms with Gasteiger partial charge in [0.05, 0.1) is 0 Å². The van der Waals surface area contributed by atoms with Crippen molar-refractivity contribution in [2.45, 2.75) is 0 Å². The summed E-state index contributed by atoms with van der Waals surface area (Å²) in [5.41, 5.74) is 12.2. The summed E-state index contributed by atoms with van der Waals surface area (Å²) in [6.45, 7) is 0. The Morgan fingerprint density at radius 2 is 1.50 bits per heavy atom. The molecule has 48 valence electrons. The van der Waals surface area contributed by atoms with Crippen LogP contribution in [0.5, 0.6) is 0 Å². The molecule has 0 aromatic rings. The van der Waals surface area contributed by atoms with Gasteiger partial charge < -0.3 is 0 Å². The zero-order valence-electron chi connectivity index (χ0n) is 3.51. The van der Waals surface area contributed by atoms with E-state index in [9.17, 15) is 0 Å². The molecule has 3 N–H and O–H groups in total. The van der Waals surface area contributed by atoms with Crippen molar-refractivity contribution < 1.29 is 31.1 Å². The summed E-state index contributed by atoms with van der Waals surface area (Å²) >= 11 is -5.52. The maximum atomic E-state index is 8.85. The molecule has 0 saturated carbocycles. The van der Waals surface area contributed by atoms with E-state index in [-0.39, 0.29) is 0 Å². The van der Waals surface area contributed by atoms with Crippen LogP contribution in [0.1, 0.15) is 0 Å². The molecule has 0 aliphatic heterocycles. The fraction of sp³-hybridized carbons (Fsp3) is 0. The SMILES string of the molecule is [N-]=[N+]=N.[O]=[Mo](=[O])([OH])[OH]. The quantitative estimate of drug-likeness (QED) is 0.213. The van der Waals surface area contributed by atoms with Crippen molar-refractivity contribution in [3.8, 4) is 0 Å². The molecule has 0 aromatic carbocycles. The molecule has 8 heteroatoms. The van der Waals surface area contributed by atoms with Crippen molar-refractivity contribution >= 4 is 0 Å². The van der Waals surface area contributed by atoms with E-state index in [0.29, 0.717) is 0 Å². The molecule has 0 rings (SSSR count). The normalized spacial score (nSPS) is 8.25. The van der Waals surface area contributed by atoms with Gasteiger partial charge in [0.25, 0.3) is 0 Å². The molecule has 7 nitrogen and oxygen atoms in total. The molecular formula is H3MoN3O4. The second-order valence-corrected chi connectivity index (χ2v) is 2.75. The number of nitrogens with zero attached hydrogens (tertiary/aromatic N) is 2. The number of rotatable bonds is 0. The Bertz CT molecular complexity index is 152. The van der Waals surface area contributed by atoms with Gasteiger partial charge in [-0.05, 0) is 10.4 Å². The molecule has 0 heterocycles. The third-order valence-corrected chi connectivity index (χ3v) is 0. The molecule has 0 spiro atoms. The molecule has 0 atom stereocenters. The van der Waals surface area contributed by atoms with E-state index in [1.54, 1.807) is 4.91 Å². The van der Waals surface area contributed by atoms with Crippen molar-refractivity contribution in [3.05, 3.63) is 10.4 Å². The van der Waals surface area contributed by atoms with E-state index >= 15 is 0 Å². The zero-order chi connectivity index (χ0) is 7.21. The summed E-state index contributed by atoms with van der Waals surface area (Å²) in [4.78, 5) is 1.75. The summed E-state index contributed by atoms with van der Waals surface area (Å²) in [6.07, 6.45) is 0. The number of hydrogen-bond donors (Lipinski definition) is 3. The average molecular weight is 205 g/mol. The minimum absolute atomic E-state index is 1.75. The molecule has 0 fully saturated rings. The first-order valence-corrected chi connectivity index (χ1v) is 4.56. The van der Waals surface area contributed by atoms with Gasteiger partial charge in [-0.3, -0.25) is 0 Å². The van der Waals surface area contributed by atoms with Crippen LogP contribution in [0.2, 0.25) is 0 Å². The monoisotopic (exact) mass is 207 g/mol. The Morgan fingerprint density at radius 3 is 1.50 bits per heavy atom. The molecule has 0 saturated heterocycles. The van der Waals surface area contributed by atoms with Gasteiger partial charge in [-0.25, -0.2) is 0 Å². The van der Waals surface area contributed by atoms with Gasteiger partial charge in [-0.1, -0.05) is 0 Å². The zero-order valence-corrected chi connectivity index (χ0v) is 5.52. The van der Waals surface area contributed by atoms with Crippen LogP contribution < -0.4 is 0 Å². The van der Waals surface area contributed by atoms with E-state index in [1.165, 1.54) is 0 Å². The van der Waals surface area contributed by atoms with Crippen molar-refractivity contribution in [1.82, 2.24) is 0 Å². The summed E-state index contributed by atoms with van der Waals surface area (Å²) in [7, 11) is 0. The molecule has 0 unspecified atom stereocenters. The van der Waals surface area contributed by atoms with Gasteiger partial charge in [-0.15, -0.1) is 5.53 Å². The predicted octanol–water partition coefficient (Wildman–Crippen LogP) is -0.479. The van der Waals surface area contributed by atoms with Crippen molar-refractivity contribution in [1.29, 1.82) is 5.53 Å². The van der Waals surface area contributed by atoms with Crippen molar-refractivity contribution in [2.24, 2.45) is 0 Å². The van der Waals surface area contributed by atoms with Gasteiger partial charge in [0.15, 0.2) is 0 Å². The molecule has 8 heavy (non-hydrogen) atoms. The third kappa shape index (κ3) is 486. The van der Waals surface area contributed by atoms with Crippen LogP contribution in [-0.2, 0) is 23.5 Å². The third-order valence-electron chi connectivity index (χ3n) is 0. The van der Waals surface area contributed by atoms with Crippen LogP contribution >= 0.6 is 0 Å². The first-order valence-electron chi connectivity index (χ1n) is 1.12. The Kier molecular flexibility index (Phi) is 6.13. The molecule has 0 aromatic heterocycles. The van der Waals surface area contributed by atoms with E-state index in [0.717, 1.165) is 0 Å². The van der Waals surface area contributed by atoms with Crippen LogP contribution in [0.4, 0.5) is 0 Å². The standard InChI is InChI=1S/Mo.HN3.2H2O.2O/c;1-3-2;;;;/h;1H;2*1H2;;/q+2;;;;;/p-2. The van der Waals surface area contributed by atoms with Gasteiger partial charge in [0.1, 0.15) is 0 Å². The summed E-state index contributed by atoms with van der Waals surface area (Å²) in [6, 6.07) is 0. The molecule has 0 amide bonds. The summed E-state index contributed by atoms with van der Waals surface area (Å²) in [5.74, 6) is 0. The van der Waals surface area contributed by atoms with E-state index in [1.807, 2.05) is 0 Å². The van der Waals surface area contributed by atoms with Crippen LogP contribution in [0.25, 0.3) is 10.4 Å². The second kappa shape index (κ2) is 4.67. The molecule has 0 radical (unpaired) electrons. The average Bonchev–Trinajstić information content (AvgIpc) is 1.27. The number of hydrogen-bond acceptors (Lipinski definition) is 3. The van der Waals surface area contributed by atoms with E-state index in [4.69, 9.17) is 25.4 Å². The summed E-state index contributed by atoms with van der Waals surface area (Å²) in [5, 5.41) is 0. The van der Waals surface area contributed by atoms with Crippen LogP contribution in [0, 0.1) is 5.53 Å². The molecule has 0 bridgehead atoms. The minimum atomic E-state index is -5.52. The van der Waals surface area contributed by atoms with Gasteiger partial charge in [-0.2, -0.15) is 0 Å². The van der Waals surface area contributed by atoms with Crippen LogP contribution in [-0.4, -0.2) is 7.52 Å². The molecular weight excluding hydrogens is 202 g/mol. The van der Waals surface area contributed by atoms with Crippen LogP contribution in [0.3, 0.4) is 0 Å². The Hall–Kier alpha value is -0.482. The first kappa shape index (κ1) is 10.5. The predicted molar refractivity (Wildman–Crippen MR) is 15.2 cm³/mol. The van der Waals surface area contributed by atoms with Gasteiger partial charge in [0, 0.05) is 0 Å². The summed E-state index contributed by atoms with van der Waals surface area (Å²) < 4.78 is 32.0. The molecule has 0 aliphatic carbocycles.